The number of amides is 1. The highest BCUT2D eigenvalue weighted by atomic mass is 16.2. The average molecular weight is 324 g/mol. The van der Waals surface area contributed by atoms with Crippen LogP contribution in [0.25, 0.3) is 0 Å². The Bertz CT molecular complexity index is 643. The van der Waals surface area contributed by atoms with Crippen molar-refractivity contribution < 1.29 is 4.79 Å². The van der Waals surface area contributed by atoms with Crippen molar-refractivity contribution in [3.63, 3.8) is 0 Å². The lowest BCUT2D eigenvalue weighted by molar-refractivity contribution is -0.128. The molecule has 3 fully saturated rings. The lowest BCUT2D eigenvalue weighted by atomic mass is 9.65. The largest absolute Gasteiger partial charge is 0.352 e. The summed E-state index contributed by atoms with van der Waals surface area (Å²) in [7, 11) is 0. The number of nitrogens with two attached hydrogens (primary N) is 1. The van der Waals surface area contributed by atoms with Crippen LogP contribution in [0.1, 0.15) is 55.6 Å². The van der Waals surface area contributed by atoms with Gasteiger partial charge in [-0.1, -0.05) is 30.7 Å². The first-order chi connectivity index (χ1) is 11.7. The normalized spacial score (nSPS) is 42.6. The zero-order chi connectivity index (χ0) is 16.3. The van der Waals surface area contributed by atoms with Gasteiger partial charge in [-0.15, -0.1) is 0 Å². The van der Waals surface area contributed by atoms with E-state index in [0.29, 0.717) is 41.7 Å². The lowest BCUT2D eigenvalue weighted by Gasteiger charge is -2.43. The van der Waals surface area contributed by atoms with E-state index in [1.807, 2.05) is 0 Å². The molecule has 1 amide bonds. The second-order valence-electron chi connectivity index (χ2n) is 8.66. The smallest absolute Gasteiger partial charge is 0.223 e. The van der Waals surface area contributed by atoms with Crippen LogP contribution in [0.2, 0.25) is 0 Å². The third-order valence-electron chi connectivity index (χ3n) is 7.42. The van der Waals surface area contributed by atoms with Crippen molar-refractivity contribution in [3.05, 3.63) is 35.4 Å². The van der Waals surface area contributed by atoms with Crippen LogP contribution in [0.15, 0.2) is 24.3 Å². The summed E-state index contributed by atoms with van der Waals surface area (Å²) in [5.41, 5.74) is 9.36. The van der Waals surface area contributed by atoms with E-state index < -0.39 is 0 Å². The molecule has 5 rings (SSSR count). The lowest BCUT2D eigenvalue weighted by Crippen LogP contribution is -2.49. The van der Waals surface area contributed by atoms with Crippen molar-refractivity contribution in [2.75, 3.05) is 0 Å². The number of aryl methyl sites for hydroxylation is 1. The average Bonchev–Trinajstić information content (AvgIpc) is 3.28. The first-order valence-corrected chi connectivity index (χ1v) is 9.86. The molecule has 3 heteroatoms. The second kappa shape index (κ2) is 5.59. The molecule has 3 N–H and O–H groups in total. The van der Waals surface area contributed by atoms with E-state index >= 15 is 0 Å². The molecule has 0 saturated heterocycles. The fraction of sp³-hybridized carbons (Fsp3) is 0.667. The fourth-order valence-electron chi connectivity index (χ4n) is 6.05. The SMILES string of the molecule is NC1C2CCCC1CC(C(=O)NC1C3CCc4ccccc4C31)C2. The molecule has 0 spiro atoms. The van der Waals surface area contributed by atoms with E-state index in [-0.39, 0.29) is 5.92 Å². The minimum Gasteiger partial charge on any atom is -0.352 e. The molecule has 0 radical (unpaired) electrons. The summed E-state index contributed by atoms with van der Waals surface area (Å²) >= 11 is 0. The Morgan fingerprint density at radius 2 is 1.83 bits per heavy atom. The van der Waals surface area contributed by atoms with Crippen LogP contribution in [0.5, 0.6) is 0 Å². The molecule has 1 aromatic carbocycles. The Hall–Kier alpha value is -1.35. The van der Waals surface area contributed by atoms with Gasteiger partial charge < -0.3 is 11.1 Å². The van der Waals surface area contributed by atoms with Crippen LogP contribution in [0.3, 0.4) is 0 Å². The molecule has 24 heavy (non-hydrogen) atoms. The molecule has 3 saturated carbocycles. The molecule has 0 aliphatic heterocycles. The minimum absolute atomic E-state index is 0.206. The van der Waals surface area contributed by atoms with Gasteiger partial charge in [-0.2, -0.15) is 0 Å². The molecule has 128 valence electrons. The van der Waals surface area contributed by atoms with Crippen LogP contribution in [0.4, 0.5) is 0 Å². The number of rotatable bonds is 2. The minimum atomic E-state index is 0.206. The van der Waals surface area contributed by atoms with Crippen molar-refractivity contribution in [2.24, 2.45) is 29.4 Å². The number of hydrogen-bond donors (Lipinski definition) is 2. The van der Waals surface area contributed by atoms with Gasteiger partial charge in [-0.3, -0.25) is 4.79 Å². The van der Waals surface area contributed by atoms with Crippen LogP contribution in [-0.2, 0) is 11.2 Å². The zero-order valence-electron chi connectivity index (χ0n) is 14.3. The van der Waals surface area contributed by atoms with Crippen LogP contribution >= 0.6 is 0 Å². The standard InChI is InChI=1S/C21H28N2O/c22-19-13-5-3-6-14(19)11-15(10-13)21(24)23-20-17-9-8-12-4-1-2-7-16(12)18(17)20/h1-2,4,7,13-15,17-20H,3,5-6,8-11,22H2,(H,23,24). The Morgan fingerprint density at radius 3 is 2.62 bits per heavy atom. The summed E-state index contributed by atoms with van der Waals surface area (Å²) in [6, 6.07) is 9.53. The molecule has 5 unspecified atom stereocenters. The first kappa shape index (κ1) is 14.9. The van der Waals surface area contributed by atoms with Gasteiger partial charge in [0.25, 0.3) is 0 Å². The molecule has 2 bridgehead atoms. The monoisotopic (exact) mass is 324 g/mol. The van der Waals surface area contributed by atoms with Crippen molar-refractivity contribution in [1.82, 2.24) is 5.32 Å². The molecule has 4 aliphatic rings. The third-order valence-corrected chi connectivity index (χ3v) is 7.42. The maximum absolute atomic E-state index is 12.9. The third kappa shape index (κ3) is 2.32. The number of fused-ring (bicyclic) bond motifs is 5. The maximum Gasteiger partial charge on any atom is 0.223 e. The van der Waals surface area contributed by atoms with E-state index in [1.165, 1.54) is 43.2 Å². The predicted molar refractivity (Wildman–Crippen MR) is 94.5 cm³/mol. The molecule has 5 atom stereocenters. The Kier molecular flexibility index (Phi) is 3.48. The number of carbonyl (C=O) groups excluding carboxylic acids is 1. The first-order valence-electron chi connectivity index (χ1n) is 9.86. The number of nitrogens with one attached hydrogen (secondary N) is 1. The quantitative estimate of drug-likeness (QED) is 0.879. The zero-order valence-corrected chi connectivity index (χ0v) is 14.3. The van der Waals surface area contributed by atoms with Crippen LogP contribution in [-0.4, -0.2) is 18.0 Å². The number of benzene rings is 1. The Labute approximate surface area is 144 Å². The summed E-state index contributed by atoms with van der Waals surface area (Å²) in [4.78, 5) is 12.9. The summed E-state index contributed by atoms with van der Waals surface area (Å²) in [6.45, 7) is 0. The number of carbonyl (C=O) groups is 1. The highest BCUT2D eigenvalue weighted by Crippen LogP contribution is 2.54. The van der Waals surface area contributed by atoms with Gasteiger partial charge >= 0.3 is 0 Å². The van der Waals surface area contributed by atoms with Gasteiger partial charge in [0.1, 0.15) is 0 Å². The molecule has 4 aliphatic carbocycles. The van der Waals surface area contributed by atoms with Gasteiger partial charge in [0.05, 0.1) is 0 Å². The Balaban J connectivity index is 1.26. The predicted octanol–water partition coefficient (Wildman–Crippen LogP) is 2.98. The van der Waals surface area contributed by atoms with E-state index in [2.05, 4.69) is 29.6 Å². The second-order valence-corrected chi connectivity index (χ2v) is 8.66. The van der Waals surface area contributed by atoms with E-state index in [9.17, 15) is 4.79 Å². The van der Waals surface area contributed by atoms with E-state index in [1.54, 1.807) is 0 Å². The van der Waals surface area contributed by atoms with Crippen molar-refractivity contribution in [2.45, 2.75) is 62.9 Å². The molecule has 0 heterocycles. The molecular formula is C21H28N2O. The van der Waals surface area contributed by atoms with E-state index in [4.69, 9.17) is 5.73 Å². The Morgan fingerprint density at radius 1 is 1.08 bits per heavy atom. The van der Waals surface area contributed by atoms with Crippen LogP contribution < -0.4 is 11.1 Å². The molecule has 0 aromatic heterocycles. The van der Waals surface area contributed by atoms with Crippen molar-refractivity contribution in [3.8, 4) is 0 Å². The summed E-state index contributed by atoms with van der Waals surface area (Å²) in [5, 5.41) is 3.43. The van der Waals surface area contributed by atoms with Crippen LogP contribution in [0, 0.1) is 23.7 Å². The molecular weight excluding hydrogens is 296 g/mol. The topological polar surface area (TPSA) is 55.1 Å². The number of hydrogen-bond acceptors (Lipinski definition) is 2. The highest BCUT2D eigenvalue weighted by molar-refractivity contribution is 5.80. The van der Waals surface area contributed by atoms with Gasteiger partial charge in [-0.25, -0.2) is 0 Å². The molecule has 1 aromatic rings. The summed E-state index contributed by atoms with van der Waals surface area (Å²) in [6.07, 6.45) is 8.19. The van der Waals surface area contributed by atoms with Gasteiger partial charge in [0.15, 0.2) is 0 Å². The van der Waals surface area contributed by atoms with Gasteiger partial charge in [-0.05, 0) is 67.4 Å². The summed E-state index contributed by atoms with van der Waals surface area (Å²) in [5.74, 6) is 2.93. The maximum atomic E-state index is 12.9. The molecule has 3 nitrogen and oxygen atoms in total. The van der Waals surface area contributed by atoms with E-state index in [0.717, 1.165) is 12.8 Å². The summed E-state index contributed by atoms with van der Waals surface area (Å²) < 4.78 is 0. The van der Waals surface area contributed by atoms with Crippen molar-refractivity contribution in [1.29, 1.82) is 0 Å². The van der Waals surface area contributed by atoms with Crippen molar-refractivity contribution >= 4 is 5.91 Å². The van der Waals surface area contributed by atoms with Gasteiger partial charge in [0.2, 0.25) is 5.91 Å². The highest BCUT2D eigenvalue weighted by Gasteiger charge is 2.54. The fourth-order valence-corrected chi connectivity index (χ4v) is 6.05. The van der Waals surface area contributed by atoms with Gasteiger partial charge in [0, 0.05) is 23.9 Å².